The lowest BCUT2D eigenvalue weighted by molar-refractivity contribution is 0.816. The van der Waals surface area contributed by atoms with Crippen molar-refractivity contribution in [3.8, 4) is 28.7 Å². The molecule has 0 spiro atoms. The van der Waals surface area contributed by atoms with E-state index in [9.17, 15) is 0 Å². The Labute approximate surface area is 126 Å². The van der Waals surface area contributed by atoms with Gasteiger partial charge in [0.2, 0.25) is 0 Å². The van der Waals surface area contributed by atoms with Gasteiger partial charge in [0, 0.05) is 18.9 Å². The topological polar surface area (TPSA) is 51.4 Å². The first-order chi connectivity index (χ1) is 10.9. The second-order valence-corrected chi connectivity index (χ2v) is 5.42. The lowest BCUT2D eigenvalue weighted by Gasteiger charge is -2.10. The quantitative estimate of drug-likeness (QED) is 0.515. The maximum atomic E-state index is 4.46. The number of aromatic amines is 1. The molecule has 5 nitrogen and oxygen atoms in total. The Balaban J connectivity index is 1.90. The highest BCUT2D eigenvalue weighted by atomic mass is 15.3. The Hall–Kier alpha value is -3.08. The standard InChI is InChI=1S/C17H13N5/c1-2-7-14-12(5-1)11-21-10-4-8-15(21)17-20-19-16(22(14)17)13-6-3-9-18-13/h1-10,18H,11H2. The summed E-state index contributed by atoms with van der Waals surface area (Å²) in [5.41, 5.74) is 4.44. The van der Waals surface area contributed by atoms with Gasteiger partial charge in [-0.2, -0.15) is 0 Å². The first kappa shape index (κ1) is 11.6. The predicted octanol–water partition coefficient (Wildman–Crippen LogP) is 3.09. The number of benzene rings is 1. The van der Waals surface area contributed by atoms with Crippen molar-refractivity contribution in [1.82, 2.24) is 24.3 Å². The second kappa shape index (κ2) is 4.21. The molecule has 5 rings (SSSR count). The lowest BCUT2D eigenvalue weighted by atomic mass is 10.1. The molecular formula is C17H13N5. The van der Waals surface area contributed by atoms with Gasteiger partial charge in [-0.25, -0.2) is 0 Å². The largest absolute Gasteiger partial charge is 0.359 e. The number of H-pyrrole nitrogens is 1. The van der Waals surface area contributed by atoms with Gasteiger partial charge in [-0.05, 0) is 35.9 Å². The zero-order valence-corrected chi connectivity index (χ0v) is 11.8. The van der Waals surface area contributed by atoms with Crippen LogP contribution in [0, 0.1) is 0 Å². The highest BCUT2D eigenvalue weighted by Crippen LogP contribution is 2.33. The van der Waals surface area contributed by atoms with Gasteiger partial charge in [0.05, 0.1) is 17.1 Å². The fourth-order valence-electron chi connectivity index (χ4n) is 3.12. The van der Waals surface area contributed by atoms with Crippen LogP contribution in [0.25, 0.3) is 28.7 Å². The highest BCUT2D eigenvalue weighted by Gasteiger charge is 2.24. The molecule has 22 heavy (non-hydrogen) atoms. The fourth-order valence-corrected chi connectivity index (χ4v) is 3.12. The molecule has 0 amide bonds. The number of fused-ring (bicyclic) bond motifs is 5. The Morgan fingerprint density at radius 3 is 2.73 bits per heavy atom. The minimum Gasteiger partial charge on any atom is -0.359 e. The average molecular weight is 287 g/mol. The third kappa shape index (κ3) is 1.47. The van der Waals surface area contributed by atoms with E-state index in [0.717, 1.165) is 35.3 Å². The molecule has 0 fully saturated rings. The van der Waals surface area contributed by atoms with Crippen LogP contribution in [0.4, 0.5) is 0 Å². The summed E-state index contributed by atoms with van der Waals surface area (Å²) in [5.74, 6) is 1.71. The molecule has 106 valence electrons. The van der Waals surface area contributed by atoms with Gasteiger partial charge in [0.25, 0.3) is 0 Å². The van der Waals surface area contributed by atoms with Crippen LogP contribution >= 0.6 is 0 Å². The Bertz CT molecular complexity index is 959. The first-order valence-corrected chi connectivity index (χ1v) is 7.25. The monoisotopic (exact) mass is 287 g/mol. The maximum Gasteiger partial charge on any atom is 0.185 e. The summed E-state index contributed by atoms with van der Waals surface area (Å²) in [7, 11) is 0. The average Bonchev–Trinajstić information content (AvgIpc) is 3.26. The first-order valence-electron chi connectivity index (χ1n) is 7.25. The minimum absolute atomic E-state index is 0.835. The van der Waals surface area contributed by atoms with Gasteiger partial charge < -0.3 is 9.55 Å². The van der Waals surface area contributed by atoms with Crippen LogP contribution in [-0.2, 0) is 6.54 Å². The van der Waals surface area contributed by atoms with Crippen LogP contribution < -0.4 is 0 Å². The molecule has 1 N–H and O–H groups in total. The molecule has 4 aromatic rings. The van der Waals surface area contributed by atoms with E-state index < -0.39 is 0 Å². The zero-order valence-electron chi connectivity index (χ0n) is 11.8. The molecule has 1 aliphatic rings. The van der Waals surface area contributed by atoms with Gasteiger partial charge in [-0.3, -0.25) is 4.57 Å². The van der Waals surface area contributed by atoms with Crippen molar-refractivity contribution in [3.05, 3.63) is 66.5 Å². The summed E-state index contributed by atoms with van der Waals surface area (Å²) >= 11 is 0. The third-order valence-electron chi connectivity index (χ3n) is 4.13. The summed E-state index contributed by atoms with van der Waals surface area (Å²) in [5, 5.41) is 8.88. The molecule has 0 radical (unpaired) electrons. The van der Waals surface area contributed by atoms with Crippen molar-refractivity contribution in [1.29, 1.82) is 0 Å². The number of para-hydroxylation sites is 1. The molecule has 0 saturated carbocycles. The van der Waals surface area contributed by atoms with E-state index in [0.29, 0.717) is 0 Å². The number of hydrogen-bond acceptors (Lipinski definition) is 2. The van der Waals surface area contributed by atoms with Gasteiger partial charge in [-0.15, -0.1) is 10.2 Å². The van der Waals surface area contributed by atoms with Crippen LogP contribution in [0.15, 0.2) is 60.9 Å². The SMILES string of the molecule is c1c[nH]c(-c2nnc3n2-c2ccccc2Cn2cccc2-3)c1. The Morgan fingerprint density at radius 2 is 1.82 bits per heavy atom. The minimum atomic E-state index is 0.835. The van der Waals surface area contributed by atoms with Crippen molar-refractivity contribution in [3.63, 3.8) is 0 Å². The highest BCUT2D eigenvalue weighted by molar-refractivity contribution is 5.66. The Kier molecular flexibility index (Phi) is 2.21. The summed E-state index contributed by atoms with van der Waals surface area (Å²) in [6, 6.07) is 16.6. The van der Waals surface area contributed by atoms with E-state index in [2.05, 4.69) is 66.9 Å². The molecule has 0 atom stereocenters. The van der Waals surface area contributed by atoms with E-state index in [4.69, 9.17) is 0 Å². The van der Waals surface area contributed by atoms with E-state index in [1.54, 1.807) is 0 Å². The van der Waals surface area contributed by atoms with Crippen LogP contribution in [-0.4, -0.2) is 24.3 Å². The van der Waals surface area contributed by atoms with Crippen molar-refractivity contribution in [2.24, 2.45) is 0 Å². The molecule has 5 heteroatoms. The van der Waals surface area contributed by atoms with Crippen molar-refractivity contribution in [2.75, 3.05) is 0 Å². The zero-order chi connectivity index (χ0) is 14.5. The van der Waals surface area contributed by atoms with Gasteiger partial charge in [0.15, 0.2) is 11.6 Å². The van der Waals surface area contributed by atoms with Crippen LogP contribution in [0.3, 0.4) is 0 Å². The van der Waals surface area contributed by atoms with Gasteiger partial charge >= 0.3 is 0 Å². The number of aromatic nitrogens is 5. The number of nitrogens with one attached hydrogen (secondary N) is 1. The number of hydrogen-bond donors (Lipinski definition) is 1. The van der Waals surface area contributed by atoms with Crippen molar-refractivity contribution in [2.45, 2.75) is 6.54 Å². The molecule has 0 aliphatic carbocycles. The second-order valence-electron chi connectivity index (χ2n) is 5.42. The molecular weight excluding hydrogens is 274 g/mol. The third-order valence-corrected chi connectivity index (χ3v) is 4.13. The van der Waals surface area contributed by atoms with Crippen molar-refractivity contribution < 1.29 is 0 Å². The predicted molar refractivity (Wildman–Crippen MR) is 83.7 cm³/mol. The smallest absolute Gasteiger partial charge is 0.185 e. The van der Waals surface area contributed by atoms with Gasteiger partial charge in [-0.1, -0.05) is 18.2 Å². The molecule has 3 aromatic heterocycles. The summed E-state index contributed by atoms with van der Waals surface area (Å²) in [4.78, 5) is 3.23. The molecule has 1 aliphatic heterocycles. The molecule has 4 heterocycles. The molecule has 1 aromatic carbocycles. The number of nitrogens with zero attached hydrogens (tertiary/aromatic N) is 4. The normalized spacial score (nSPS) is 12.4. The lowest BCUT2D eigenvalue weighted by Crippen LogP contribution is -2.01. The van der Waals surface area contributed by atoms with E-state index in [1.807, 2.05) is 18.3 Å². The molecule has 0 bridgehead atoms. The Morgan fingerprint density at radius 1 is 0.909 bits per heavy atom. The van der Waals surface area contributed by atoms with E-state index in [1.165, 1.54) is 5.56 Å². The molecule has 0 unspecified atom stereocenters. The maximum absolute atomic E-state index is 4.46. The van der Waals surface area contributed by atoms with Crippen LogP contribution in [0.2, 0.25) is 0 Å². The van der Waals surface area contributed by atoms with E-state index in [-0.39, 0.29) is 0 Å². The summed E-state index contributed by atoms with van der Waals surface area (Å²) < 4.78 is 4.35. The van der Waals surface area contributed by atoms with Crippen LogP contribution in [0.1, 0.15) is 5.56 Å². The van der Waals surface area contributed by atoms with E-state index >= 15 is 0 Å². The summed E-state index contributed by atoms with van der Waals surface area (Å²) in [6.45, 7) is 0.839. The van der Waals surface area contributed by atoms with Crippen LogP contribution in [0.5, 0.6) is 0 Å². The number of rotatable bonds is 1. The van der Waals surface area contributed by atoms with Crippen molar-refractivity contribution >= 4 is 0 Å². The fraction of sp³-hybridized carbons (Fsp3) is 0.0588. The van der Waals surface area contributed by atoms with Gasteiger partial charge in [0.1, 0.15) is 0 Å². The summed E-state index contributed by atoms with van der Waals surface area (Å²) in [6.07, 6.45) is 3.99. The molecule has 0 saturated heterocycles.